The summed E-state index contributed by atoms with van der Waals surface area (Å²) < 4.78 is 1.32. The van der Waals surface area contributed by atoms with Crippen molar-refractivity contribution in [1.82, 2.24) is 14.9 Å². The van der Waals surface area contributed by atoms with Crippen molar-refractivity contribution in [2.45, 2.75) is 59.0 Å². The summed E-state index contributed by atoms with van der Waals surface area (Å²) in [6.07, 6.45) is 5.19. The summed E-state index contributed by atoms with van der Waals surface area (Å²) in [5.74, 6) is 2.11. The van der Waals surface area contributed by atoms with Gasteiger partial charge in [0.1, 0.15) is 5.82 Å². The minimum Gasteiger partial charge on any atom is -0.383 e. The van der Waals surface area contributed by atoms with E-state index in [1.165, 1.54) is 35.2 Å². The van der Waals surface area contributed by atoms with E-state index in [4.69, 9.17) is 5.73 Å². The number of amides is 1. The van der Waals surface area contributed by atoms with Crippen molar-refractivity contribution >= 4 is 17.4 Å². The first-order chi connectivity index (χ1) is 16.2. The van der Waals surface area contributed by atoms with Crippen LogP contribution in [0, 0.1) is 23.7 Å². The number of fused-ring (bicyclic) bond motifs is 2. The number of aromatic amines is 1. The minimum absolute atomic E-state index is 0.00718. The molecule has 0 saturated heterocycles. The lowest BCUT2D eigenvalue weighted by atomic mass is 9.84. The van der Waals surface area contributed by atoms with Crippen LogP contribution in [0.1, 0.15) is 52.0 Å². The van der Waals surface area contributed by atoms with Crippen molar-refractivity contribution in [2.24, 2.45) is 23.7 Å². The average Bonchev–Trinajstić information content (AvgIpc) is 3.43. The Kier molecular flexibility index (Phi) is 7.26. The van der Waals surface area contributed by atoms with E-state index in [9.17, 15) is 14.4 Å². The van der Waals surface area contributed by atoms with Crippen LogP contribution in [-0.2, 0) is 11.3 Å². The third-order valence-corrected chi connectivity index (χ3v) is 7.53. The molecule has 1 amide bonds. The predicted octanol–water partition coefficient (Wildman–Crippen LogP) is 2.57. The molecular formula is C26H37N5O3. The quantitative estimate of drug-likeness (QED) is 0.525. The summed E-state index contributed by atoms with van der Waals surface area (Å²) in [6.45, 7) is 6.79. The molecule has 0 spiro atoms. The molecule has 8 nitrogen and oxygen atoms in total. The van der Waals surface area contributed by atoms with Gasteiger partial charge in [-0.2, -0.15) is 0 Å². The Morgan fingerprint density at radius 3 is 2.53 bits per heavy atom. The molecule has 1 aromatic carbocycles. The van der Waals surface area contributed by atoms with E-state index < -0.39 is 11.2 Å². The lowest BCUT2D eigenvalue weighted by molar-refractivity contribution is -0.118. The van der Waals surface area contributed by atoms with Gasteiger partial charge in [-0.05, 0) is 55.4 Å². The third-order valence-electron chi connectivity index (χ3n) is 7.53. The average molecular weight is 468 g/mol. The molecule has 2 aliphatic carbocycles. The number of hydrogen-bond acceptors (Lipinski definition) is 5. The largest absolute Gasteiger partial charge is 0.383 e. The van der Waals surface area contributed by atoms with Gasteiger partial charge in [0.25, 0.3) is 5.56 Å². The number of carbonyl (C=O) groups excluding carboxylic acids is 1. The topological polar surface area (TPSA) is 113 Å². The maximum Gasteiger partial charge on any atom is 0.330 e. The molecule has 2 fully saturated rings. The number of hydrogen-bond donors (Lipinski definition) is 3. The lowest BCUT2D eigenvalue weighted by Crippen LogP contribution is -2.48. The molecule has 2 aromatic rings. The Bertz CT molecular complexity index is 1120. The molecule has 2 bridgehead atoms. The fourth-order valence-corrected chi connectivity index (χ4v) is 5.85. The van der Waals surface area contributed by atoms with E-state index >= 15 is 0 Å². The van der Waals surface area contributed by atoms with Crippen LogP contribution < -0.4 is 27.2 Å². The minimum atomic E-state index is -0.637. The number of benzene rings is 1. The van der Waals surface area contributed by atoms with Crippen LogP contribution in [0.5, 0.6) is 0 Å². The maximum absolute atomic E-state index is 13.4. The number of rotatable bonds is 9. The number of anilines is 2. The van der Waals surface area contributed by atoms with Crippen LogP contribution in [0.4, 0.5) is 11.5 Å². The van der Waals surface area contributed by atoms with E-state index in [1.54, 1.807) is 0 Å². The van der Waals surface area contributed by atoms with E-state index in [2.05, 4.69) is 17.2 Å². The van der Waals surface area contributed by atoms with Gasteiger partial charge >= 0.3 is 5.69 Å². The monoisotopic (exact) mass is 467 g/mol. The zero-order chi connectivity index (χ0) is 24.4. The molecule has 184 valence electrons. The highest BCUT2D eigenvalue weighted by Crippen LogP contribution is 2.49. The molecule has 34 heavy (non-hydrogen) atoms. The highest BCUT2D eigenvalue weighted by atomic mass is 16.2. The normalized spacial score (nSPS) is 22.3. The van der Waals surface area contributed by atoms with Crippen molar-refractivity contribution in [2.75, 3.05) is 23.7 Å². The Morgan fingerprint density at radius 2 is 1.91 bits per heavy atom. The molecule has 8 heteroatoms. The summed E-state index contributed by atoms with van der Waals surface area (Å²) in [7, 11) is 0. The van der Waals surface area contributed by atoms with Gasteiger partial charge in [0.05, 0.1) is 13.1 Å². The summed E-state index contributed by atoms with van der Waals surface area (Å²) >= 11 is 0. The highest BCUT2D eigenvalue weighted by Gasteiger charge is 2.41. The Hall–Kier alpha value is -2.87. The van der Waals surface area contributed by atoms with Crippen molar-refractivity contribution in [3.05, 3.63) is 56.7 Å². The van der Waals surface area contributed by atoms with Crippen LogP contribution in [0.2, 0.25) is 0 Å². The fourth-order valence-electron chi connectivity index (χ4n) is 5.85. The molecule has 0 unspecified atom stereocenters. The van der Waals surface area contributed by atoms with Crippen molar-refractivity contribution < 1.29 is 4.79 Å². The third kappa shape index (κ3) is 5.12. The van der Waals surface area contributed by atoms with E-state index in [0.717, 1.165) is 17.4 Å². The fraction of sp³-hybridized carbons (Fsp3) is 0.577. The number of nitrogens with two attached hydrogens (primary N) is 1. The van der Waals surface area contributed by atoms with Crippen molar-refractivity contribution in [1.29, 1.82) is 0 Å². The second-order valence-electron chi connectivity index (χ2n) is 10.5. The van der Waals surface area contributed by atoms with E-state index in [1.807, 2.05) is 44.2 Å². The number of H-pyrrole nitrogens is 1. The van der Waals surface area contributed by atoms with Gasteiger partial charge in [-0.1, -0.05) is 50.6 Å². The zero-order valence-electron chi connectivity index (χ0n) is 20.4. The molecule has 4 atom stereocenters. The molecular weight excluding hydrogens is 430 g/mol. The summed E-state index contributed by atoms with van der Waals surface area (Å²) in [5.41, 5.74) is 6.07. The van der Waals surface area contributed by atoms with Crippen LogP contribution in [0.15, 0.2) is 39.9 Å². The maximum atomic E-state index is 13.4. The van der Waals surface area contributed by atoms with Crippen LogP contribution in [0.3, 0.4) is 0 Å². The van der Waals surface area contributed by atoms with Gasteiger partial charge < -0.3 is 16.0 Å². The standard InChI is InChI=1S/C26H37N5O3/c1-16(2)14-30(22(32)13-28-17(3)21-12-19-9-10-20(21)11-19)23-24(27)31(26(34)29-25(23)33)15-18-7-5-4-6-8-18/h4-8,16-17,19-21,28H,9-15,27H2,1-3H3,(H,29,33,34)/t17-,19+,20+,21-/m1/s1. The number of nitrogens with zero attached hydrogens (tertiary/aromatic N) is 2. The van der Waals surface area contributed by atoms with Gasteiger partial charge in [0.2, 0.25) is 5.91 Å². The Balaban J connectivity index is 1.56. The first-order valence-corrected chi connectivity index (χ1v) is 12.4. The second kappa shape index (κ2) is 10.2. The van der Waals surface area contributed by atoms with Crippen LogP contribution in [-0.4, -0.2) is 34.6 Å². The molecule has 0 radical (unpaired) electrons. The summed E-state index contributed by atoms with van der Waals surface area (Å²) in [4.78, 5) is 42.6. The van der Waals surface area contributed by atoms with Crippen molar-refractivity contribution in [3.8, 4) is 0 Å². The number of nitrogens with one attached hydrogen (secondary N) is 2. The Labute approximate surface area is 200 Å². The SMILES string of the molecule is CC(C)CN(C(=O)CN[C@H](C)[C@H]1C[C@H]2CC[C@H]1C2)c1c(N)n(Cc2ccccc2)c(=O)[nH]c1=O. The predicted molar refractivity (Wildman–Crippen MR) is 135 cm³/mol. The van der Waals surface area contributed by atoms with Crippen molar-refractivity contribution in [3.63, 3.8) is 0 Å². The van der Waals surface area contributed by atoms with Gasteiger partial charge in [-0.15, -0.1) is 0 Å². The number of nitrogen functional groups attached to an aromatic ring is 1. The molecule has 4 rings (SSSR count). The smallest absolute Gasteiger partial charge is 0.330 e. The first-order valence-electron chi connectivity index (χ1n) is 12.4. The molecule has 4 N–H and O–H groups in total. The molecule has 1 heterocycles. The first kappa shape index (κ1) is 24.3. The number of aromatic nitrogens is 2. The second-order valence-corrected chi connectivity index (χ2v) is 10.5. The highest BCUT2D eigenvalue weighted by molar-refractivity contribution is 5.96. The van der Waals surface area contributed by atoms with E-state index in [0.29, 0.717) is 12.5 Å². The molecule has 2 aliphatic rings. The molecule has 1 aromatic heterocycles. The Morgan fingerprint density at radius 1 is 1.18 bits per heavy atom. The number of carbonyl (C=O) groups is 1. The van der Waals surface area contributed by atoms with Gasteiger partial charge in [0.15, 0.2) is 5.69 Å². The van der Waals surface area contributed by atoms with E-state index in [-0.39, 0.29) is 42.5 Å². The molecule has 2 saturated carbocycles. The van der Waals surface area contributed by atoms with Crippen LogP contribution in [0.25, 0.3) is 0 Å². The van der Waals surface area contributed by atoms with Gasteiger partial charge in [-0.3, -0.25) is 19.1 Å². The summed E-state index contributed by atoms with van der Waals surface area (Å²) in [6, 6.07) is 9.65. The molecule has 0 aliphatic heterocycles. The van der Waals surface area contributed by atoms with Crippen LogP contribution >= 0.6 is 0 Å². The van der Waals surface area contributed by atoms with Gasteiger partial charge in [-0.25, -0.2) is 4.79 Å². The van der Waals surface area contributed by atoms with Gasteiger partial charge in [0, 0.05) is 12.6 Å². The lowest BCUT2D eigenvalue weighted by Gasteiger charge is -2.30. The summed E-state index contributed by atoms with van der Waals surface area (Å²) in [5, 5.41) is 3.42. The zero-order valence-corrected chi connectivity index (χ0v) is 20.4.